The molecule has 61 heavy (non-hydrogen) atoms. The standard InChI is InChI=1S/C58H38N2O/c1-2-15-41(16-3-1)48-36-33-43(47-25-13-18-40-17-4-5-21-46(40)47)38-55(48)59(54-28-14-30-57-58(54)51-24-8-11-29-56(51)61-57)44-34-31-39(32-35-44)42-19-12-20-45(37-42)60-52-26-9-6-22-49(52)50-23-7-10-27-53(50)60/h1-38H. The van der Waals surface area contributed by atoms with Gasteiger partial charge in [0.25, 0.3) is 0 Å². The van der Waals surface area contributed by atoms with Gasteiger partial charge in [-0.1, -0.05) is 170 Å². The zero-order chi connectivity index (χ0) is 40.3. The molecule has 0 aliphatic heterocycles. The van der Waals surface area contributed by atoms with Crippen LogP contribution in [0.1, 0.15) is 0 Å². The summed E-state index contributed by atoms with van der Waals surface area (Å²) in [7, 11) is 0. The normalized spacial score (nSPS) is 11.6. The zero-order valence-corrected chi connectivity index (χ0v) is 33.2. The van der Waals surface area contributed by atoms with Crippen molar-refractivity contribution in [1.82, 2.24) is 4.57 Å². The third-order valence-corrected chi connectivity index (χ3v) is 12.2. The predicted molar refractivity (Wildman–Crippen MR) is 257 cm³/mol. The van der Waals surface area contributed by atoms with Gasteiger partial charge in [0.2, 0.25) is 0 Å². The average molecular weight is 779 g/mol. The van der Waals surface area contributed by atoms with Gasteiger partial charge < -0.3 is 13.9 Å². The third-order valence-electron chi connectivity index (χ3n) is 12.2. The van der Waals surface area contributed by atoms with Crippen molar-refractivity contribution in [3.8, 4) is 39.1 Å². The molecule has 0 spiro atoms. The zero-order valence-electron chi connectivity index (χ0n) is 33.2. The number of nitrogens with zero attached hydrogens (tertiary/aromatic N) is 2. The number of aromatic nitrogens is 1. The second-order valence-electron chi connectivity index (χ2n) is 15.7. The van der Waals surface area contributed by atoms with Gasteiger partial charge in [-0.2, -0.15) is 0 Å². The quantitative estimate of drug-likeness (QED) is 0.161. The Hall–Kier alpha value is -8.14. The first-order chi connectivity index (χ1) is 30.3. The van der Waals surface area contributed by atoms with Gasteiger partial charge in [0, 0.05) is 33.1 Å². The van der Waals surface area contributed by atoms with Crippen LogP contribution in [0.15, 0.2) is 235 Å². The van der Waals surface area contributed by atoms with E-state index in [2.05, 4.69) is 234 Å². The summed E-state index contributed by atoms with van der Waals surface area (Å²) in [5, 5.41) is 7.13. The number of rotatable bonds is 7. The number of hydrogen-bond acceptors (Lipinski definition) is 2. The second-order valence-corrected chi connectivity index (χ2v) is 15.7. The van der Waals surface area contributed by atoms with Crippen LogP contribution in [0.25, 0.3) is 93.6 Å². The summed E-state index contributed by atoms with van der Waals surface area (Å²) >= 11 is 0. The number of hydrogen-bond donors (Lipinski definition) is 0. The summed E-state index contributed by atoms with van der Waals surface area (Å²) < 4.78 is 8.90. The molecule has 3 nitrogen and oxygen atoms in total. The van der Waals surface area contributed by atoms with Gasteiger partial charge in [-0.05, 0) is 99.3 Å². The van der Waals surface area contributed by atoms with Gasteiger partial charge in [-0.3, -0.25) is 0 Å². The molecule has 10 aromatic carbocycles. The van der Waals surface area contributed by atoms with Gasteiger partial charge in [0.1, 0.15) is 11.2 Å². The predicted octanol–water partition coefficient (Wildman–Crippen LogP) is 16.3. The van der Waals surface area contributed by atoms with Crippen molar-refractivity contribution in [3.63, 3.8) is 0 Å². The van der Waals surface area contributed by atoms with Gasteiger partial charge in [0.15, 0.2) is 0 Å². The van der Waals surface area contributed by atoms with Crippen molar-refractivity contribution >= 4 is 71.6 Å². The molecule has 0 saturated heterocycles. The van der Waals surface area contributed by atoms with Gasteiger partial charge in [0.05, 0.1) is 27.8 Å². The Balaban J connectivity index is 1.06. The maximum absolute atomic E-state index is 6.51. The number of furan rings is 1. The fourth-order valence-corrected chi connectivity index (χ4v) is 9.40. The van der Waals surface area contributed by atoms with E-state index in [1.807, 2.05) is 6.07 Å². The molecule has 286 valence electrons. The van der Waals surface area contributed by atoms with E-state index in [1.54, 1.807) is 0 Å². The van der Waals surface area contributed by atoms with Crippen LogP contribution in [-0.4, -0.2) is 4.57 Å². The highest BCUT2D eigenvalue weighted by molar-refractivity contribution is 6.14. The van der Waals surface area contributed by atoms with Crippen LogP contribution < -0.4 is 4.90 Å². The van der Waals surface area contributed by atoms with Crippen LogP contribution in [0.3, 0.4) is 0 Å². The maximum atomic E-state index is 6.51. The van der Waals surface area contributed by atoms with E-state index in [9.17, 15) is 0 Å². The Labute approximate surface area is 353 Å². The minimum atomic E-state index is 0.855. The van der Waals surface area contributed by atoms with Crippen molar-refractivity contribution in [2.24, 2.45) is 0 Å². The first-order valence-corrected chi connectivity index (χ1v) is 20.8. The molecule has 12 rings (SSSR count). The average Bonchev–Trinajstić information content (AvgIpc) is 3.89. The first-order valence-electron chi connectivity index (χ1n) is 20.8. The number of anilines is 3. The van der Waals surface area contributed by atoms with E-state index in [1.165, 1.54) is 38.1 Å². The molecule has 0 N–H and O–H groups in total. The molecule has 12 aromatic rings. The lowest BCUT2D eigenvalue weighted by Gasteiger charge is -2.29. The van der Waals surface area contributed by atoms with E-state index < -0.39 is 0 Å². The molecular formula is C58H38N2O. The largest absolute Gasteiger partial charge is 0.456 e. The van der Waals surface area contributed by atoms with Gasteiger partial charge in [-0.25, -0.2) is 0 Å². The lowest BCUT2D eigenvalue weighted by molar-refractivity contribution is 0.669. The Bertz CT molecular complexity index is 3540. The van der Waals surface area contributed by atoms with Crippen molar-refractivity contribution in [2.45, 2.75) is 0 Å². The summed E-state index contributed by atoms with van der Waals surface area (Å²) in [6.07, 6.45) is 0. The highest BCUT2D eigenvalue weighted by Crippen LogP contribution is 2.48. The monoisotopic (exact) mass is 778 g/mol. The third kappa shape index (κ3) is 5.82. The lowest BCUT2D eigenvalue weighted by Crippen LogP contribution is -2.12. The van der Waals surface area contributed by atoms with Crippen LogP contribution in [0.4, 0.5) is 17.1 Å². The molecule has 2 heterocycles. The van der Waals surface area contributed by atoms with Crippen LogP contribution in [0.2, 0.25) is 0 Å². The van der Waals surface area contributed by atoms with Crippen molar-refractivity contribution in [2.75, 3.05) is 4.90 Å². The molecule has 3 heteroatoms. The van der Waals surface area contributed by atoms with E-state index in [0.29, 0.717) is 0 Å². The minimum absolute atomic E-state index is 0.855. The van der Waals surface area contributed by atoms with Crippen molar-refractivity contribution in [3.05, 3.63) is 231 Å². The fourth-order valence-electron chi connectivity index (χ4n) is 9.40. The molecule has 2 aromatic heterocycles. The Morgan fingerprint density at radius 2 is 0.951 bits per heavy atom. The molecule has 0 aliphatic rings. The van der Waals surface area contributed by atoms with Crippen molar-refractivity contribution in [1.29, 1.82) is 0 Å². The van der Waals surface area contributed by atoms with Crippen LogP contribution in [0, 0.1) is 0 Å². The van der Waals surface area contributed by atoms with Crippen LogP contribution >= 0.6 is 0 Å². The Kier molecular flexibility index (Phi) is 8.17. The van der Waals surface area contributed by atoms with Crippen molar-refractivity contribution < 1.29 is 4.42 Å². The topological polar surface area (TPSA) is 21.3 Å². The molecular weight excluding hydrogens is 741 g/mol. The number of fused-ring (bicyclic) bond motifs is 7. The van der Waals surface area contributed by atoms with Gasteiger partial charge >= 0.3 is 0 Å². The summed E-state index contributed by atoms with van der Waals surface area (Å²) in [5.41, 5.74) is 15.4. The fraction of sp³-hybridized carbons (Fsp3) is 0. The molecule has 0 radical (unpaired) electrons. The molecule has 0 atom stereocenters. The van der Waals surface area contributed by atoms with E-state index in [4.69, 9.17) is 4.42 Å². The molecule has 0 saturated carbocycles. The number of para-hydroxylation sites is 3. The minimum Gasteiger partial charge on any atom is -0.456 e. The lowest BCUT2D eigenvalue weighted by atomic mass is 9.93. The van der Waals surface area contributed by atoms with Gasteiger partial charge in [-0.15, -0.1) is 0 Å². The SMILES string of the molecule is c1ccc(-c2ccc(-c3cccc4ccccc34)cc2N(c2ccc(-c3cccc(-n4c5ccccc5c5ccccc54)c3)cc2)c2cccc3oc4ccccc4c23)cc1. The summed E-state index contributed by atoms with van der Waals surface area (Å²) in [4.78, 5) is 2.43. The van der Waals surface area contributed by atoms with E-state index in [0.717, 1.165) is 72.5 Å². The first kappa shape index (κ1) is 34.9. The second kappa shape index (κ2) is 14.3. The highest BCUT2D eigenvalue weighted by Gasteiger charge is 2.23. The Morgan fingerprint density at radius 3 is 1.75 bits per heavy atom. The molecule has 0 bridgehead atoms. The smallest absolute Gasteiger partial charge is 0.137 e. The van der Waals surface area contributed by atoms with E-state index >= 15 is 0 Å². The van der Waals surface area contributed by atoms with E-state index in [-0.39, 0.29) is 0 Å². The Morgan fingerprint density at radius 1 is 0.344 bits per heavy atom. The molecule has 0 aliphatic carbocycles. The summed E-state index contributed by atoms with van der Waals surface area (Å²) in [6, 6.07) is 83.0. The van der Waals surface area contributed by atoms with Crippen LogP contribution in [0.5, 0.6) is 0 Å². The van der Waals surface area contributed by atoms with Crippen LogP contribution in [-0.2, 0) is 0 Å². The summed E-state index contributed by atoms with van der Waals surface area (Å²) in [6.45, 7) is 0. The highest BCUT2D eigenvalue weighted by atomic mass is 16.3. The number of benzene rings is 10. The maximum Gasteiger partial charge on any atom is 0.137 e. The molecule has 0 fully saturated rings. The summed E-state index contributed by atoms with van der Waals surface area (Å²) in [5.74, 6) is 0. The molecule has 0 unspecified atom stereocenters. The molecule has 0 amide bonds.